The van der Waals surface area contributed by atoms with Crippen LogP contribution in [0.2, 0.25) is 0 Å². The molecule has 0 amide bonds. The van der Waals surface area contributed by atoms with Gasteiger partial charge >= 0.3 is 5.97 Å². The summed E-state index contributed by atoms with van der Waals surface area (Å²) in [5.74, 6) is -0.659. The van der Waals surface area contributed by atoms with Crippen molar-refractivity contribution in [2.75, 3.05) is 20.3 Å². The van der Waals surface area contributed by atoms with Crippen LogP contribution in [0.4, 0.5) is 0 Å². The third-order valence-electron chi connectivity index (χ3n) is 3.43. The van der Waals surface area contributed by atoms with E-state index in [0.29, 0.717) is 16.9 Å². The van der Waals surface area contributed by atoms with Crippen LogP contribution in [0.3, 0.4) is 0 Å². The molecule has 0 heterocycles. The van der Waals surface area contributed by atoms with Gasteiger partial charge in [0.2, 0.25) is 10.0 Å². The van der Waals surface area contributed by atoms with E-state index >= 15 is 0 Å². The topological polar surface area (TPSA) is 98.8 Å². The Bertz CT molecular complexity index is 905. The van der Waals surface area contributed by atoms with Gasteiger partial charge in [0.1, 0.15) is 12.3 Å². The Morgan fingerprint density at radius 1 is 1.04 bits per heavy atom. The molecule has 0 fully saturated rings. The van der Waals surface area contributed by atoms with E-state index in [9.17, 15) is 18.0 Å². The largest absolute Gasteiger partial charge is 0.497 e. The van der Waals surface area contributed by atoms with Crippen molar-refractivity contribution < 1.29 is 27.5 Å². The first-order valence-corrected chi connectivity index (χ1v) is 9.50. The molecule has 7 nitrogen and oxygen atoms in total. The fourth-order valence-electron chi connectivity index (χ4n) is 2.00. The molecule has 0 aliphatic rings. The first-order valence-electron chi connectivity index (χ1n) is 7.95. The SMILES string of the molecule is COc1ccc(C(=O)COC(=O)CNS(=O)(=O)/C=C/c2ccccc2)cc1. The lowest BCUT2D eigenvalue weighted by molar-refractivity contribution is -0.141. The minimum absolute atomic E-state index is 0.356. The summed E-state index contributed by atoms with van der Waals surface area (Å²) in [5.41, 5.74) is 1.06. The van der Waals surface area contributed by atoms with Crippen LogP contribution in [0.1, 0.15) is 15.9 Å². The number of nitrogens with one attached hydrogen (secondary N) is 1. The zero-order valence-corrected chi connectivity index (χ0v) is 15.4. The maximum Gasteiger partial charge on any atom is 0.321 e. The Morgan fingerprint density at radius 2 is 1.70 bits per heavy atom. The molecule has 0 aliphatic carbocycles. The number of hydrogen-bond donors (Lipinski definition) is 1. The maximum atomic E-state index is 11.9. The number of benzene rings is 2. The number of hydrogen-bond acceptors (Lipinski definition) is 6. The minimum atomic E-state index is -3.80. The summed E-state index contributed by atoms with van der Waals surface area (Å²) in [7, 11) is -2.29. The second kappa shape index (κ2) is 9.65. The molecule has 27 heavy (non-hydrogen) atoms. The van der Waals surface area contributed by atoms with Crippen molar-refractivity contribution in [3.8, 4) is 5.75 Å². The highest BCUT2D eigenvalue weighted by molar-refractivity contribution is 7.92. The highest BCUT2D eigenvalue weighted by Crippen LogP contribution is 2.11. The fraction of sp³-hybridized carbons (Fsp3) is 0.158. The van der Waals surface area contributed by atoms with Gasteiger partial charge < -0.3 is 9.47 Å². The van der Waals surface area contributed by atoms with Crippen molar-refractivity contribution in [2.45, 2.75) is 0 Å². The Morgan fingerprint density at radius 3 is 2.33 bits per heavy atom. The van der Waals surface area contributed by atoms with Crippen LogP contribution in [0.25, 0.3) is 6.08 Å². The average molecular weight is 389 g/mol. The molecule has 0 aromatic heterocycles. The number of methoxy groups -OCH3 is 1. The van der Waals surface area contributed by atoms with E-state index in [0.717, 1.165) is 5.41 Å². The minimum Gasteiger partial charge on any atom is -0.497 e. The number of esters is 1. The third kappa shape index (κ3) is 7.04. The zero-order chi connectivity index (χ0) is 19.7. The van der Waals surface area contributed by atoms with Crippen LogP contribution >= 0.6 is 0 Å². The van der Waals surface area contributed by atoms with Crippen LogP contribution in [0, 0.1) is 0 Å². The van der Waals surface area contributed by atoms with E-state index in [4.69, 9.17) is 9.47 Å². The fourth-order valence-corrected chi connectivity index (χ4v) is 2.75. The van der Waals surface area contributed by atoms with Gasteiger partial charge in [-0.3, -0.25) is 9.59 Å². The molecule has 142 valence electrons. The summed E-state index contributed by atoms with van der Waals surface area (Å²) < 4.78 is 35.6. The predicted octanol–water partition coefficient (Wildman–Crippen LogP) is 2.01. The summed E-state index contributed by atoms with van der Waals surface area (Å²) in [4.78, 5) is 23.6. The summed E-state index contributed by atoms with van der Waals surface area (Å²) in [6.45, 7) is -1.05. The van der Waals surface area contributed by atoms with E-state index in [1.54, 1.807) is 48.5 Å². The van der Waals surface area contributed by atoms with Gasteiger partial charge in [-0.05, 0) is 35.9 Å². The van der Waals surface area contributed by atoms with Crippen LogP contribution in [-0.4, -0.2) is 40.4 Å². The predicted molar refractivity (Wildman–Crippen MR) is 101 cm³/mol. The van der Waals surface area contributed by atoms with Gasteiger partial charge in [0, 0.05) is 11.0 Å². The van der Waals surface area contributed by atoms with Crippen LogP contribution in [-0.2, 0) is 19.6 Å². The Hall–Kier alpha value is -2.97. The zero-order valence-electron chi connectivity index (χ0n) is 14.6. The van der Waals surface area contributed by atoms with Crippen LogP contribution < -0.4 is 9.46 Å². The number of ketones is 1. The molecule has 0 bridgehead atoms. The van der Waals surface area contributed by atoms with E-state index in [1.807, 2.05) is 6.07 Å². The number of ether oxygens (including phenoxy) is 2. The van der Waals surface area contributed by atoms with Crippen molar-refractivity contribution >= 4 is 27.9 Å². The number of carbonyl (C=O) groups excluding carboxylic acids is 2. The molecule has 0 aliphatic heterocycles. The Balaban J connectivity index is 1.79. The molecule has 0 saturated carbocycles. The highest BCUT2D eigenvalue weighted by atomic mass is 32.2. The number of sulfonamides is 1. The molecule has 0 atom stereocenters. The van der Waals surface area contributed by atoms with Gasteiger partial charge in [0.15, 0.2) is 12.4 Å². The molecular weight excluding hydrogens is 370 g/mol. The van der Waals surface area contributed by atoms with E-state index < -0.39 is 34.9 Å². The molecule has 2 aromatic carbocycles. The first kappa shape index (κ1) is 20.3. The van der Waals surface area contributed by atoms with Gasteiger partial charge in [0.25, 0.3) is 0 Å². The Kier molecular flexibility index (Phi) is 7.27. The lowest BCUT2D eigenvalue weighted by atomic mass is 10.1. The second-order valence-electron chi connectivity index (χ2n) is 5.39. The third-order valence-corrected chi connectivity index (χ3v) is 4.47. The van der Waals surface area contributed by atoms with E-state index in [1.165, 1.54) is 13.2 Å². The number of carbonyl (C=O) groups is 2. The molecule has 2 rings (SSSR count). The first-order chi connectivity index (χ1) is 12.9. The molecule has 0 saturated heterocycles. The molecule has 0 radical (unpaired) electrons. The molecule has 2 aromatic rings. The van der Waals surface area contributed by atoms with Gasteiger partial charge in [-0.15, -0.1) is 0 Å². The molecule has 0 unspecified atom stereocenters. The van der Waals surface area contributed by atoms with Crippen molar-refractivity contribution in [1.29, 1.82) is 0 Å². The van der Waals surface area contributed by atoms with Gasteiger partial charge in [-0.2, -0.15) is 0 Å². The second-order valence-corrected chi connectivity index (χ2v) is 7.04. The van der Waals surface area contributed by atoms with Crippen molar-refractivity contribution in [3.63, 3.8) is 0 Å². The van der Waals surface area contributed by atoms with Crippen LogP contribution in [0.15, 0.2) is 60.0 Å². The number of rotatable bonds is 9. The Labute approximate surface area is 157 Å². The van der Waals surface area contributed by atoms with Gasteiger partial charge in [-0.1, -0.05) is 30.3 Å². The molecule has 1 N–H and O–H groups in total. The lowest BCUT2D eigenvalue weighted by Gasteiger charge is -2.06. The van der Waals surface area contributed by atoms with E-state index in [-0.39, 0.29) is 0 Å². The monoisotopic (exact) mass is 389 g/mol. The van der Waals surface area contributed by atoms with Crippen LogP contribution in [0.5, 0.6) is 5.75 Å². The highest BCUT2D eigenvalue weighted by Gasteiger charge is 2.13. The molecular formula is C19H19NO6S. The summed E-state index contributed by atoms with van der Waals surface area (Å²) >= 11 is 0. The van der Waals surface area contributed by atoms with Crippen molar-refractivity contribution in [2.24, 2.45) is 0 Å². The smallest absolute Gasteiger partial charge is 0.321 e. The van der Waals surface area contributed by atoms with Gasteiger partial charge in [-0.25, -0.2) is 13.1 Å². The quantitative estimate of drug-likeness (QED) is 0.520. The van der Waals surface area contributed by atoms with E-state index in [2.05, 4.69) is 4.72 Å². The summed E-state index contributed by atoms with van der Waals surface area (Å²) in [6, 6.07) is 15.2. The normalized spacial score (nSPS) is 11.3. The average Bonchev–Trinajstić information content (AvgIpc) is 2.70. The van der Waals surface area contributed by atoms with Gasteiger partial charge in [0.05, 0.1) is 7.11 Å². The lowest BCUT2D eigenvalue weighted by Crippen LogP contribution is -2.30. The summed E-state index contributed by atoms with van der Waals surface area (Å²) in [5, 5.41) is 0.956. The molecule has 8 heteroatoms. The maximum absolute atomic E-state index is 11.9. The van der Waals surface area contributed by atoms with Crippen molar-refractivity contribution in [1.82, 2.24) is 4.72 Å². The number of Topliss-reactive ketones (excluding diaryl/α,β-unsaturated/α-hetero) is 1. The van der Waals surface area contributed by atoms with Crippen molar-refractivity contribution in [3.05, 3.63) is 71.1 Å². The standard InChI is InChI=1S/C19H19NO6S/c1-25-17-9-7-16(8-10-17)18(21)14-26-19(22)13-20-27(23,24)12-11-15-5-3-2-4-6-15/h2-12,20H,13-14H2,1H3/b12-11+. The molecule has 0 spiro atoms. The summed E-state index contributed by atoms with van der Waals surface area (Å²) in [6.07, 6.45) is 1.40.